The minimum atomic E-state index is -3.67. The van der Waals surface area contributed by atoms with Gasteiger partial charge in [-0.05, 0) is 72.0 Å². The number of methoxy groups -OCH3 is 4. The maximum absolute atomic E-state index is 13.6. The summed E-state index contributed by atoms with van der Waals surface area (Å²) in [5, 5.41) is 6.66. The van der Waals surface area contributed by atoms with Gasteiger partial charge in [-0.25, -0.2) is 0 Å². The topological polar surface area (TPSA) is 409 Å². The van der Waals surface area contributed by atoms with Crippen LogP contribution in [0.1, 0.15) is 37.4 Å². The van der Waals surface area contributed by atoms with Crippen LogP contribution in [0.25, 0.3) is 10.9 Å². The van der Waals surface area contributed by atoms with E-state index < -0.39 is 32.1 Å². The number of rotatable bonds is 11. The summed E-state index contributed by atoms with van der Waals surface area (Å²) < 4.78 is 73.6. The molecule has 1 aliphatic heterocycles. The fourth-order valence-corrected chi connectivity index (χ4v) is 5.93. The number of pyridine rings is 1. The Labute approximate surface area is 370 Å². The molecular formula is C40H58N4O18S2. The molecule has 358 valence electrons. The lowest BCUT2D eigenvalue weighted by Gasteiger charge is -2.29. The van der Waals surface area contributed by atoms with E-state index in [-0.39, 0.29) is 44.1 Å². The highest BCUT2D eigenvalue weighted by atomic mass is 32.2. The van der Waals surface area contributed by atoms with Crippen LogP contribution in [0.4, 0.5) is 11.4 Å². The van der Waals surface area contributed by atoms with Crippen molar-refractivity contribution in [2.24, 2.45) is 0 Å². The Morgan fingerprint density at radius 1 is 0.672 bits per heavy atom. The van der Waals surface area contributed by atoms with Gasteiger partial charge in [-0.3, -0.25) is 28.6 Å². The van der Waals surface area contributed by atoms with Crippen molar-refractivity contribution >= 4 is 54.3 Å². The molecule has 0 spiro atoms. The Balaban J connectivity index is -0.00000210. The molecule has 0 atom stereocenters. The third-order valence-corrected chi connectivity index (χ3v) is 8.59. The zero-order valence-corrected chi connectivity index (χ0v) is 37.4. The van der Waals surface area contributed by atoms with Crippen LogP contribution >= 0.6 is 0 Å². The highest BCUT2D eigenvalue weighted by molar-refractivity contribution is 7.85. The molecule has 6 rings (SSSR count). The summed E-state index contributed by atoms with van der Waals surface area (Å²) in [6.07, 6.45) is 4.77. The first-order valence-electron chi connectivity index (χ1n) is 17.5. The number of nitrogens with one attached hydrogen (secondary N) is 2. The number of carbonyl (C=O) groups is 2. The third kappa shape index (κ3) is 19.2. The number of fused-ring (bicyclic) bond motifs is 2. The van der Waals surface area contributed by atoms with Crippen LogP contribution in [-0.2, 0) is 39.6 Å². The van der Waals surface area contributed by atoms with Crippen molar-refractivity contribution in [3.05, 3.63) is 113 Å². The molecule has 4 aromatic carbocycles. The average molecular weight is 947 g/mol. The maximum Gasteiger partial charge on any atom is 0.261 e. The zero-order valence-electron chi connectivity index (χ0n) is 35.8. The second kappa shape index (κ2) is 27.9. The Morgan fingerprint density at radius 3 is 1.72 bits per heavy atom. The molecule has 16 N–H and O–H groups in total. The molecule has 5 aromatic rings. The van der Waals surface area contributed by atoms with E-state index >= 15 is 0 Å². The minimum Gasteiger partial charge on any atom is -0.493 e. The molecule has 64 heavy (non-hydrogen) atoms. The largest absolute Gasteiger partial charge is 0.493 e. The molecule has 1 aromatic heterocycles. The summed E-state index contributed by atoms with van der Waals surface area (Å²) in [6, 6.07) is 24.4. The first-order valence-corrected chi connectivity index (χ1v) is 21.2. The summed E-state index contributed by atoms with van der Waals surface area (Å²) in [6.45, 7) is 2.73. The Bertz CT molecular complexity index is 2430. The molecule has 0 unspecified atom stereocenters. The minimum absolute atomic E-state index is 0. The number of aromatic nitrogens is 1. The van der Waals surface area contributed by atoms with Crippen LogP contribution in [0, 0.1) is 0 Å². The molecular weight excluding hydrogens is 889 g/mol. The molecule has 0 saturated heterocycles. The van der Waals surface area contributed by atoms with E-state index in [1.165, 1.54) is 31.5 Å². The number of ether oxygens (including phenoxy) is 4. The lowest BCUT2D eigenvalue weighted by Crippen LogP contribution is -2.32. The van der Waals surface area contributed by atoms with Crippen molar-refractivity contribution in [1.29, 1.82) is 0 Å². The molecule has 2 amide bonds. The van der Waals surface area contributed by atoms with Crippen molar-refractivity contribution in [1.82, 2.24) is 9.88 Å². The molecule has 22 nitrogen and oxygen atoms in total. The van der Waals surface area contributed by atoms with Gasteiger partial charge in [0.15, 0.2) is 23.0 Å². The molecule has 2 heterocycles. The Morgan fingerprint density at radius 2 is 1.17 bits per heavy atom. The lowest BCUT2D eigenvalue weighted by molar-refractivity contribution is 0.102. The van der Waals surface area contributed by atoms with Gasteiger partial charge in [0.1, 0.15) is 0 Å². The lowest BCUT2D eigenvalue weighted by atomic mass is 9.98. The molecule has 0 radical (unpaired) electrons. The van der Waals surface area contributed by atoms with Crippen molar-refractivity contribution in [2.75, 3.05) is 64.7 Å². The summed E-state index contributed by atoms with van der Waals surface area (Å²) in [4.78, 5) is 33.7. The first kappa shape index (κ1) is 62.3. The number of hydrogen-bond donors (Lipinski definition) is 4. The van der Waals surface area contributed by atoms with Gasteiger partial charge in [-0.1, -0.05) is 30.3 Å². The number of para-hydroxylation sites is 1. The van der Waals surface area contributed by atoms with Gasteiger partial charge in [0.2, 0.25) is 0 Å². The van der Waals surface area contributed by atoms with E-state index in [1.807, 2.05) is 48.5 Å². The molecule has 0 bridgehead atoms. The standard InChI is InChI=1S/C38H38N4O6.2CH4O3S.6H2O/c1-45-33-18-25-14-16-42(23-28(25)19-34(33)46-2)15-13-24-9-11-29(12-10-24)40-38(44)30-20-35(47-3)36(48-4)21-32(30)41-37(43)27-17-26-7-5-6-8-31(26)39-22-27;2*1-5(2,3)4;;;;;;/h5-12,17-22H,13-16,23H2,1-4H3,(H,40,44)(H,41,43);2*1H3,(H,2,3,4);6*1H2. The van der Waals surface area contributed by atoms with E-state index in [0.717, 1.165) is 60.4 Å². The number of anilines is 2. The number of hydrogen-bond acceptors (Lipinski definition) is 12. The second-order valence-electron chi connectivity index (χ2n) is 13.0. The van der Waals surface area contributed by atoms with Gasteiger partial charge >= 0.3 is 0 Å². The zero-order chi connectivity index (χ0) is 42.6. The van der Waals surface area contributed by atoms with Crippen molar-refractivity contribution in [3.63, 3.8) is 0 Å². The van der Waals surface area contributed by atoms with Crippen LogP contribution in [0.5, 0.6) is 23.0 Å². The quantitative estimate of drug-likeness (QED) is 0.131. The molecule has 0 aliphatic carbocycles. The van der Waals surface area contributed by atoms with Gasteiger partial charge in [-0.2, -0.15) is 16.8 Å². The highest BCUT2D eigenvalue weighted by Gasteiger charge is 2.21. The maximum atomic E-state index is 13.6. The van der Waals surface area contributed by atoms with Gasteiger partial charge in [0.05, 0.1) is 63.3 Å². The van der Waals surface area contributed by atoms with Crippen LogP contribution in [0.15, 0.2) is 85.1 Å². The fourth-order valence-electron chi connectivity index (χ4n) is 5.93. The van der Waals surface area contributed by atoms with Crippen molar-refractivity contribution in [2.45, 2.75) is 19.4 Å². The molecule has 0 fully saturated rings. The van der Waals surface area contributed by atoms with Crippen LogP contribution in [0.2, 0.25) is 0 Å². The number of benzene rings is 4. The monoisotopic (exact) mass is 946 g/mol. The van der Waals surface area contributed by atoms with Gasteiger partial charge in [0.25, 0.3) is 32.1 Å². The Hall–Kier alpha value is -6.03. The van der Waals surface area contributed by atoms with Crippen LogP contribution in [0.3, 0.4) is 0 Å². The van der Waals surface area contributed by atoms with Gasteiger partial charge < -0.3 is 62.4 Å². The fraction of sp³-hybridized carbons (Fsp3) is 0.275. The molecule has 1 aliphatic rings. The Kier molecular flexibility index (Phi) is 27.1. The van der Waals surface area contributed by atoms with E-state index in [9.17, 15) is 26.4 Å². The van der Waals surface area contributed by atoms with E-state index in [4.69, 9.17) is 28.1 Å². The molecule has 24 heteroatoms. The van der Waals surface area contributed by atoms with E-state index in [2.05, 4.69) is 32.7 Å². The first-order chi connectivity index (χ1) is 27.4. The van der Waals surface area contributed by atoms with Crippen molar-refractivity contribution < 1.29 is 87.3 Å². The van der Waals surface area contributed by atoms with E-state index in [1.54, 1.807) is 32.4 Å². The normalized spacial score (nSPS) is 11.2. The predicted octanol–water partition coefficient (Wildman–Crippen LogP) is 0.434. The second-order valence-corrected chi connectivity index (χ2v) is 15.9. The van der Waals surface area contributed by atoms with Gasteiger partial charge in [0, 0.05) is 43.0 Å². The third-order valence-electron chi connectivity index (χ3n) is 8.59. The number of nitrogens with zero attached hydrogens (tertiary/aromatic N) is 2. The van der Waals surface area contributed by atoms with Gasteiger partial charge in [-0.15, -0.1) is 0 Å². The van der Waals surface area contributed by atoms with Crippen molar-refractivity contribution in [3.8, 4) is 23.0 Å². The van der Waals surface area contributed by atoms with E-state index in [0.29, 0.717) is 35.3 Å². The summed E-state index contributed by atoms with van der Waals surface area (Å²) >= 11 is 0. The average Bonchev–Trinajstić information content (AvgIpc) is 3.18. The van der Waals surface area contributed by atoms with Crippen LogP contribution < -0.4 is 29.6 Å². The smallest absolute Gasteiger partial charge is 0.261 e. The number of amides is 2. The van der Waals surface area contributed by atoms with Crippen LogP contribution in [-0.4, -0.2) is 135 Å². The SMILES string of the molecule is COc1cc2c(cc1OC)CN(CCc1ccc(NC(=O)c3cc(OC)c(OC)cc3NC(=O)c3cnc4ccccc4c3)cc1)CC2.CS(=O)(=O)O.CS(=O)(=O)O.O.O.O.O.O.O. The summed E-state index contributed by atoms with van der Waals surface area (Å²) in [5.74, 6) is 1.44. The summed E-state index contributed by atoms with van der Waals surface area (Å²) in [7, 11) is -1.02. The number of carbonyl (C=O) groups excluding carboxylic acids is 2. The summed E-state index contributed by atoms with van der Waals surface area (Å²) in [5.41, 5.74) is 5.99. The predicted molar refractivity (Wildman–Crippen MR) is 242 cm³/mol. The highest BCUT2D eigenvalue weighted by Crippen LogP contribution is 2.35. The molecule has 0 saturated carbocycles.